The third kappa shape index (κ3) is 4.76. The number of amides is 2. The van der Waals surface area contributed by atoms with Crippen molar-refractivity contribution in [2.75, 3.05) is 13.1 Å². The van der Waals surface area contributed by atoms with E-state index in [4.69, 9.17) is 0 Å². The Balaban J connectivity index is 1.37. The first-order valence-corrected chi connectivity index (χ1v) is 13.3. The van der Waals surface area contributed by atoms with Gasteiger partial charge in [0.25, 0.3) is 0 Å². The molecule has 1 aliphatic carbocycles. The Kier molecular flexibility index (Phi) is 6.74. The maximum Gasteiger partial charge on any atom is 0.243 e. The van der Waals surface area contributed by atoms with E-state index < -0.39 is 0 Å². The molecular formula is C29H31FN2O2S. The van der Waals surface area contributed by atoms with E-state index in [1.807, 2.05) is 30.0 Å². The second-order valence-electron chi connectivity index (χ2n) is 9.67. The number of fused-ring (bicyclic) bond motifs is 1. The maximum atomic E-state index is 13.8. The van der Waals surface area contributed by atoms with Gasteiger partial charge in [-0.05, 0) is 72.4 Å². The molecule has 0 bridgehead atoms. The summed E-state index contributed by atoms with van der Waals surface area (Å²) in [5.74, 6) is -0.0913. The summed E-state index contributed by atoms with van der Waals surface area (Å²) in [4.78, 5) is 32.3. The maximum absolute atomic E-state index is 13.8. The van der Waals surface area contributed by atoms with E-state index in [-0.39, 0.29) is 48.1 Å². The van der Waals surface area contributed by atoms with Gasteiger partial charge >= 0.3 is 0 Å². The highest BCUT2D eigenvalue weighted by Gasteiger charge is 2.47. The SMILES string of the molecule is CCC(C)N(CC(=O)N1CCc2sccc2C1c1ccc(F)cc1)C(=O)C1CC1c1ccccc1. The van der Waals surface area contributed by atoms with Crippen LogP contribution in [0.3, 0.4) is 0 Å². The smallest absolute Gasteiger partial charge is 0.243 e. The minimum Gasteiger partial charge on any atom is -0.330 e. The molecule has 2 aliphatic rings. The first kappa shape index (κ1) is 23.7. The highest BCUT2D eigenvalue weighted by atomic mass is 32.1. The van der Waals surface area contributed by atoms with Crippen molar-refractivity contribution in [1.29, 1.82) is 0 Å². The molecule has 3 aromatic rings. The second-order valence-corrected chi connectivity index (χ2v) is 10.7. The van der Waals surface area contributed by atoms with Crippen LogP contribution in [-0.4, -0.2) is 40.7 Å². The summed E-state index contributed by atoms with van der Waals surface area (Å²) in [6, 6.07) is 18.4. The summed E-state index contributed by atoms with van der Waals surface area (Å²) in [6.45, 7) is 4.74. The van der Waals surface area contributed by atoms with E-state index in [0.717, 1.165) is 30.4 Å². The summed E-state index contributed by atoms with van der Waals surface area (Å²) in [6.07, 6.45) is 2.42. The second kappa shape index (κ2) is 9.94. The molecule has 4 atom stereocenters. The van der Waals surface area contributed by atoms with Crippen molar-refractivity contribution in [3.05, 3.63) is 93.4 Å². The quantitative estimate of drug-likeness (QED) is 0.421. The minimum atomic E-state index is -0.293. The standard InChI is InChI=1S/C29H31FN2O2S/c1-3-19(2)32(29(34)25-17-24(25)20-7-5-4-6-8-20)18-27(33)31-15-13-26-23(14-16-35-26)28(31)21-9-11-22(30)12-10-21/h4-12,14,16,19,24-25,28H,3,13,15,17-18H2,1-2H3. The molecule has 0 N–H and O–H groups in total. The van der Waals surface area contributed by atoms with E-state index >= 15 is 0 Å². The van der Waals surface area contributed by atoms with Crippen molar-refractivity contribution in [1.82, 2.24) is 9.80 Å². The average molecular weight is 491 g/mol. The monoisotopic (exact) mass is 490 g/mol. The first-order chi connectivity index (χ1) is 17.0. The molecule has 0 spiro atoms. The molecule has 4 nitrogen and oxygen atoms in total. The van der Waals surface area contributed by atoms with Gasteiger partial charge in [-0.1, -0.05) is 49.4 Å². The van der Waals surface area contributed by atoms with Crippen molar-refractivity contribution < 1.29 is 14.0 Å². The van der Waals surface area contributed by atoms with Crippen molar-refractivity contribution in [3.8, 4) is 0 Å². The highest BCUT2D eigenvalue weighted by molar-refractivity contribution is 7.10. The number of hydrogen-bond donors (Lipinski definition) is 0. The normalized spacial score (nSPS) is 21.8. The fourth-order valence-corrected chi connectivity index (χ4v) is 6.15. The number of rotatable bonds is 7. The third-order valence-corrected chi connectivity index (χ3v) is 8.52. The minimum absolute atomic E-state index is 0.0192. The van der Waals surface area contributed by atoms with E-state index in [1.165, 1.54) is 22.6 Å². The zero-order valence-electron chi connectivity index (χ0n) is 20.2. The van der Waals surface area contributed by atoms with Crippen molar-refractivity contribution in [2.24, 2.45) is 5.92 Å². The molecule has 0 radical (unpaired) electrons. The molecule has 1 aliphatic heterocycles. The molecule has 182 valence electrons. The van der Waals surface area contributed by atoms with Crippen LogP contribution in [0.4, 0.5) is 4.39 Å². The van der Waals surface area contributed by atoms with Crippen LogP contribution in [0, 0.1) is 11.7 Å². The Morgan fingerprint density at radius 2 is 1.83 bits per heavy atom. The first-order valence-electron chi connectivity index (χ1n) is 12.4. The van der Waals surface area contributed by atoms with Crippen LogP contribution in [0.15, 0.2) is 66.0 Å². The molecule has 2 amide bonds. The Bertz CT molecular complexity index is 1190. The van der Waals surface area contributed by atoms with Gasteiger partial charge in [0.05, 0.1) is 6.04 Å². The van der Waals surface area contributed by atoms with Crippen molar-refractivity contribution in [2.45, 2.75) is 51.1 Å². The fraction of sp³-hybridized carbons (Fsp3) is 0.379. The Morgan fingerprint density at radius 3 is 2.54 bits per heavy atom. The number of nitrogens with zero attached hydrogens (tertiary/aromatic N) is 2. The van der Waals surface area contributed by atoms with Gasteiger partial charge in [-0.25, -0.2) is 4.39 Å². The zero-order valence-corrected chi connectivity index (χ0v) is 21.0. The molecule has 1 saturated carbocycles. The summed E-state index contributed by atoms with van der Waals surface area (Å²) in [5, 5.41) is 2.06. The van der Waals surface area contributed by atoms with Crippen LogP contribution < -0.4 is 0 Å². The number of benzene rings is 2. The van der Waals surface area contributed by atoms with E-state index in [2.05, 4.69) is 30.5 Å². The van der Waals surface area contributed by atoms with Crippen LogP contribution in [0.25, 0.3) is 0 Å². The predicted molar refractivity (Wildman–Crippen MR) is 137 cm³/mol. The topological polar surface area (TPSA) is 40.6 Å². The molecule has 4 unspecified atom stereocenters. The molecule has 1 aromatic heterocycles. The lowest BCUT2D eigenvalue weighted by molar-refractivity contribution is -0.144. The van der Waals surface area contributed by atoms with Gasteiger partial charge < -0.3 is 9.80 Å². The summed E-state index contributed by atoms with van der Waals surface area (Å²) in [7, 11) is 0. The molecule has 2 aromatic carbocycles. The van der Waals surface area contributed by atoms with E-state index in [1.54, 1.807) is 28.4 Å². The molecular weight excluding hydrogens is 459 g/mol. The Hall–Kier alpha value is -2.99. The lowest BCUT2D eigenvalue weighted by Gasteiger charge is -2.38. The van der Waals surface area contributed by atoms with Crippen LogP contribution in [0.2, 0.25) is 0 Å². The van der Waals surface area contributed by atoms with Gasteiger partial charge in [-0.2, -0.15) is 0 Å². The predicted octanol–water partition coefficient (Wildman–Crippen LogP) is 5.79. The molecule has 6 heteroatoms. The molecule has 35 heavy (non-hydrogen) atoms. The van der Waals surface area contributed by atoms with E-state index in [0.29, 0.717) is 6.54 Å². The lowest BCUT2D eigenvalue weighted by atomic mass is 9.93. The van der Waals surface area contributed by atoms with E-state index in [9.17, 15) is 14.0 Å². The number of hydrogen-bond acceptors (Lipinski definition) is 3. The Labute approximate surface area is 210 Å². The highest BCUT2D eigenvalue weighted by Crippen LogP contribution is 2.48. The molecule has 0 saturated heterocycles. The van der Waals surface area contributed by atoms with Crippen LogP contribution in [0.5, 0.6) is 0 Å². The van der Waals surface area contributed by atoms with Crippen LogP contribution in [0.1, 0.15) is 60.2 Å². The van der Waals surface area contributed by atoms with Crippen molar-refractivity contribution >= 4 is 23.2 Å². The lowest BCUT2D eigenvalue weighted by Crippen LogP contribution is -2.49. The number of thiophene rings is 1. The zero-order chi connectivity index (χ0) is 24.5. The van der Waals surface area contributed by atoms with Gasteiger partial charge in [-0.15, -0.1) is 11.3 Å². The molecule has 1 fully saturated rings. The number of carbonyl (C=O) groups excluding carboxylic acids is 2. The molecule has 2 heterocycles. The van der Waals surface area contributed by atoms with Gasteiger partial charge in [0, 0.05) is 23.4 Å². The summed E-state index contributed by atoms with van der Waals surface area (Å²) >= 11 is 1.70. The van der Waals surface area contributed by atoms with Gasteiger partial charge in [0.2, 0.25) is 11.8 Å². The third-order valence-electron chi connectivity index (χ3n) is 7.52. The fourth-order valence-electron chi connectivity index (χ4n) is 5.25. The summed E-state index contributed by atoms with van der Waals surface area (Å²) < 4.78 is 13.6. The van der Waals surface area contributed by atoms with Gasteiger partial charge in [0.1, 0.15) is 12.4 Å². The average Bonchev–Trinajstić information content (AvgIpc) is 3.55. The summed E-state index contributed by atoms with van der Waals surface area (Å²) in [5.41, 5.74) is 3.19. The largest absolute Gasteiger partial charge is 0.330 e. The molecule has 5 rings (SSSR count). The van der Waals surface area contributed by atoms with Crippen LogP contribution >= 0.6 is 11.3 Å². The Morgan fingerprint density at radius 1 is 1.09 bits per heavy atom. The van der Waals surface area contributed by atoms with Gasteiger partial charge in [0.15, 0.2) is 0 Å². The van der Waals surface area contributed by atoms with Crippen LogP contribution in [-0.2, 0) is 16.0 Å². The van der Waals surface area contributed by atoms with Gasteiger partial charge in [-0.3, -0.25) is 9.59 Å². The number of halogens is 1. The number of carbonyl (C=O) groups is 2. The van der Waals surface area contributed by atoms with Crippen molar-refractivity contribution in [3.63, 3.8) is 0 Å².